The number of aromatic nitrogens is 2. The summed E-state index contributed by atoms with van der Waals surface area (Å²) in [5.41, 5.74) is 0.141. The number of nitrogens with one attached hydrogen (secondary N) is 2. The van der Waals surface area contributed by atoms with Gasteiger partial charge in [-0.1, -0.05) is 35.3 Å². The number of carbonyl (C=O) groups excluding carboxylic acids is 2. The molecule has 1 aliphatic heterocycles. The molecule has 2 atom stereocenters. The number of aliphatic hydroxyl groups is 1. The largest absolute Gasteiger partial charge is 0.466 e. The SMILES string of the molecule is CCOC(=O)C1=C(COCC(C)(O)c2ncc[nH]2)NC(C)=C(C(=O)OC)C1c1cccc(Cl)c1Cl. The Bertz CT molecular complexity index is 1160. The zero-order valence-electron chi connectivity index (χ0n) is 19.8. The molecule has 0 amide bonds. The van der Waals surface area contributed by atoms with Gasteiger partial charge < -0.3 is 29.6 Å². The zero-order valence-corrected chi connectivity index (χ0v) is 21.3. The second kappa shape index (κ2) is 11.3. The Morgan fingerprint density at radius 2 is 1.97 bits per heavy atom. The summed E-state index contributed by atoms with van der Waals surface area (Å²) in [6.07, 6.45) is 3.12. The van der Waals surface area contributed by atoms with E-state index in [-0.39, 0.29) is 41.0 Å². The van der Waals surface area contributed by atoms with Crippen LogP contribution in [0.1, 0.15) is 38.1 Å². The Balaban J connectivity index is 2.07. The highest BCUT2D eigenvalue weighted by atomic mass is 35.5. The number of nitrogens with zero attached hydrogens (tertiary/aromatic N) is 1. The monoisotopic (exact) mass is 523 g/mol. The summed E-state index contributed by atoms with van der Waals surface area (Å²) in [5.74, 6) is -1.90. The molecule has 3 N–H and O–H groups in total. The molecule has 0 spiro atoms. The number of esters is 2. The van der Waals surface area contributed by atoms with Gasteiger partial charge in [-0.15, -0.1) is 0 Å². The summed E-state index contributed by atoms with van der Waals surface area (Å²) in [6.45, 7) is 4.78. The van der Waals surface area contributed by atoms with Crippen molar-refractivity contribution in [1.82, 2.24) is 15.3 Å². The number of rotatable bonds is 9. The molecule has 9 nitrogen and oxygen atoms in total. The van der Waals surface area contributed by atoms with Crippen molar-refractivity contribution in [3.05, 3.63) is 74.6 Å². The molecule has 0 fully saturated rings. The molecule has 2 aromatic rings. The number of dihydropyridines is 1. The molecule has 0 aliphatic carbocycles. The van der Waals surface area contributed by atoms with Crippen LogP contribution in [0.5, 0.6) is 0 Å². The Labute approximate surface area is 213 Å². The van der Waals surface area contributed by atoms with Crippen LogP contribution in [0.25, 0.3) is 0 Å². The van der Waals surface area contributed by atoms with Gasteiger partial charge >= 0.3 is 11.9 Å². The number of benzene rings is 1. The van der Waals surface area contributed by atoms with Crippen LogP contribution < -0.4 is 5.32 Å². The van der Waals surface area contributed by atoms with E-state index in [9.17, 15) is 14.7 Å². The van der Waals surface area contributed by atoms with Crippen molar-refractivity contribution in [1.29, 1.82) is 0 Å². The minimum absolute atomic E-state index is 0.106. The van der Waals surface area contributed by atoms with Crippen LogP contribution in [-0.2, 0) is 29.4 Å². The summed E-state index contributed by atoms with van der Waals surface area (Å²) in [6, 6.07) is 4.96. The number of H-pyrrole nitrogens is 1. The molecule has 3 rings (SSSR count). The first kappa shape index (κ1) is 26.7. The number of hydrogen-bond acceptors (Lipinski definition) is 8. The van der Waals surface area contributed by atoms with E-state index in [4.69, 9.17) is 37.4 Å². The fraction of sp³-hybridized carbons (Fsp3) is 0.375. The number of carbonyl (C=O) groups is 2. The van der Waals surface area contributed by atoms with Crippen LogP contribution in [0.4, 0.5) is 0 Å². The third-order valence-electron chi connectivity index (χ3n) is 5.48. The van der Waals surface area contributed by atoms with Gasteiger partial charge in [0.1, 0.15) is 11.4 Å². The quantitative estimate of drug-likeness (QED) is 0.426. The van der Waals surface area contributed by atoms with Crippen molar-refractivity contribution < 1.29 is 28.9 Å². The van der Waals surface area contributed by atoms with Crippen LogP contribution in [0, 0.1) is 0 Å². The average molecular weight is 524 g/mol. The number of ether oxygens (including phenoxy) is 3. The molecular weight excluding hydrogens is 497 g/mol. The van der Waals surface area contributed by atoms with Gasteiger partial charge in [-0.05, 0) is 32.4 Å². The van der Waals surface area contributed by atoms with Gasteiger partial charge in [0.25, 0.3) is 0 Å². The lowest BCUT2D eigenvalue weighted by Gasteiger charge is -2.32. The van der Waals surface area contributed by atoms with Crippen molar-refractivity contribution in [2.24, 2.45) is 0 Å². The molecule has 0 bridgehead atoms. The predicted molar refractivity (Wildman–Crippen MR) is 130 cm³/mol. The average Bonchev–Trinajstić information content (AvgIpc) is 3.36. The minimum Gasteiger partial charge on any atom is -0.466 e. The normalized spacial score (nSPS) is 17.6. The van der Waals surface area contributed by atoms with Crippen LogP contribution in [0.15, 0.2) is 53.1 Å². The summed E-state index contributed by atoms with van der Waals surface area (Å²) >= 11 is 12.8. The highest BCUT2D eigenvalue weighted by Crippen LogP contribution is 2.43. The Morgan fingerprint density at radius 1 is 1.23 bits per heavy atom. The van der Waals surface area contributed by atoms with Crippen molar-refractivity contribution in [2.45, 2.75) is 32.3 Å². The Morgan fingerprint density at radius 3 is 2.60 bits per heavy atom. The summed E-state index contributed by atoms with van der Waals surface area (Å²) < 4.78 is 16.1. The van der Waals surface area contributed by atoms with Crippen molar-refractivity contribution in [2.75, 3.05) is 26.9 Å². The topological polar surface area (TPSA) is 123 Å². The van der Waals surface area contributed by atoms with Gasteiger partial charge in [0.05, 0.1) is 59.7 Å². The molecule has 0 radical (unpaired) electrons. The smallest absolute Gasteiger partial charge is 0.336 e. The Kier molecular flexibility index (Phi) is 8.60. The van der Waals surface area contributed by atoms with Gasteiger partial charge in [0.15, 0.2) is 0 Å². The van der Waals surface area contributed by atoms with E-state index in [1.54, 1.807) is 45.2 Å². The molecule has 188 valence electrons. The predicted octanol–water partition coefficient (Wildman–Crippen LogP) is 3.59. The molecular formula is C24H27Cl2N3O6. The van der Waals surface area contributed by atoms with E-state index in [0.29, 0.717) is 22.8 Å². The lowest BCUT2D eigenvalue weighted by molar-refractivity contribution is -0.139. The number of methoxy groups -OCH3 is 1. The van der Waals surface area contributed by atoms with Gasteiger partial charge in [-0.2, -0.15) is 0 Å². The van der Waals surface area contributed by atoms with E-state index in [1.165, 1.54) is 13.3 Å². The second-order valence-electron chi connectivity index (χ2n) is 8.05. The lowest BCUT2D eigenvalue weighted by atomic mass is 9.80. The van der Waals surface area contributed by atoms with Crippen molar-refractivity contribution >= 4 is 35.1 Å². The molecule has 1 aromatic heterocycles. The second-order valence-corrected chi connectivity index (χ2v) is 8.83. The minimum atomic E-state index is -1.40. The van der Waals surface area contributed by atoms with E-state index in [0.717, 1.165) is 0 Å². The lowest BCUT2D eigenvalue weighted by Crippen LogP contribution is -2.36. The highest BCUT2D eigenvalue weighted by molar-refractivity contribution is 6.42. The van der Waals surface area contributed by atoms with Gasteiger partial charge in [0, 0.05) is 18.1 Å². The van der Waals surface area contributed by atoms with Crippen LogP contribution in [0.3, 0.4) is 0 Å². The van der Waals surface area contributed by atoms with Gasteiger partial charge in [0.2, 0.25) is 0 Å². The van der Waals surface area contributed by atoms with E-state index in [1.807, 2.05) is 0 Å². The Hall–Kier alpha value is -2.85. The maximum atomic E-state index is 13.2. The molecule has 11 heteroatoms. The van der Waals surface area contributed by atoms with E-state index >= 15 is 0 Å². The number of halogens is 2. The maximum Gasteiger partial charge on any atom is 0.336 e. The van der Waals surface area contributed by atoms with E-state index in [2.05, 4.69) is 15.3 Å². The third kappa shape index (κ3) is 5.70. The van der Waals surface area contributed by atoms with Crippen molar-refractivity contribution in [3.63, 3.8) is 0 Å². The first-order chi connectivity index (χ1) is 16.6. The van der Waals surface area contributed by atoms with Gasteiger partial charge in [-0.25, -0.2) is 14.6 Å². The first-order valence-corrected chi connectivity index (χ1v) is 11.6. The number of imidazole rings is 1. The van der Waals surface area contributed by atoms with Crippen LogP contribution in [0.2, 0.25) is 10.0 Å². The van der Waals surface area contributed by atoms with Crippen LogP contribution in [-0.4, -0.2) is 53.9 Å². The highest BCUT2D eigenvalue weighted by Gasteiger charge is 2.40. The number of aromatic amines is 1. The molecule has 0 saturated carbocycles. The molecule has 35 heavy (non-hydrogen) atoms. The summed E-state index contributed by atoms with van der Waals surface area (Å²) in [5, 5.41) is 14.2. The zero-order chi connectivity index (χ0) is 25.8. The molecule has 1 aromatic carbocycles. The van der Waals surface area contributed by atoms with E-state index < -0.39 is 23.5 Å². The maximum absolute atomic E-state index is 13.2. The van der Waals surface area contributed by atoms with Gasteiger partial charge in [-0.3, -0.25) is 0 Å². The van der Waals surface area contributed by atoms with Crippen molar-refractivity contribution in [3.8, 4) is 0 Å². The fourth-order valence-electron chi connectivity index (χ4n) is 3.88. The fourth-order valence-corrected chi connectivity index (χ4v) is 4.29. The standard InChI is InChI=1S/C24H27Cl2N3O6/c1-5-35-22(31)19-16(11-34-12-24(3,32)23-27-9-10-28-23)29-13(2)17(21(30)33-4)18(19)14-7-6-8-15(25)20(14)26/h6-10,18,29,32H,5,11-12H2,1-4H3,(H,27,28). The molecule has 2 unspecified atom stereocenters. The summed E-state index contributed by atoms with van der Waals surface area (Å²) in [7, 11) is 1.25. The molecule has 2 heterocycles. The molecule has 0 saturated heterocycles. The summed E-state index contributed by atoms with van der Waals surface area (Å²) in [4.78, 5) is 32.9. The first-order valence-electron chi connectivity index (χ1n) is 10.8. The van der Waals surface area contributed by atoms with Crippen LogP contribution >= 0.6 is 23.2 Å². The number of allylic oxidation sites excluding steroid dienone is 1. The number of hydrogen-bond donors (Lipinski definition) is 3. The molecule has 1 aliphatic rings. The third-order valence-corrected chi connectivity index (χ3v) is 6.31.